The minimum atomic E-state index is -0.125. The van der Waals surface area contributed by atoms with Gasteiger partial charge >= 0.3 is 0 Å². The number of aromatic nitrogens is 2. The average molecular weight is 347 g/mol. The first kappa shape index (κ1) is 17.0. The van der Waals surface area contributed by atoms with E-state index in [0.29, 0.717) is 12.2 Å². The molecule has 1 fully saturated rings. The lowest BCUT2D eigenvalue weighted by molar-refractivity contribution is 0.0932. The van der Waals surface area contributed by atoms with Crippen LogP contribution >= 0.6 is 11.6 Å². The molecule has 24 heavy (non-hydrogen) atoms. The first-order chi connectivity index (χ1) is 11.7. The van der Waals surface area contributed by atoms with Crippen LogP contribution in [0.2, 0.25) is 5.02 Å². The molecule has 1 aromatic carbocycles. The second kappa shape index (κ2) is 7.81. The first-order valence-corrected chi connectivity index (χ1v) is 8.86. The van der Waals surface area contributed by atoms with E-state index in [4.69, 9.17) is 11.6 Å². The van der Waals surface area contributed by atoms with E-state index in [1.54, 1.807) is 10.7 Å². The van der Waals surface area contributed by atoms with E-state index in [1.807, 2.05) is 37.4 Å². The zero-order chi connectivity index (χ0) is 16.9. The second-order valence-corrected chi connectivity index (χ2v) is 6.51. The number of hydrogen-bond donors (Lipinski definition) is 1. The van der Waals surface area contributed by atoms with Gasteiger partial charge in [0.1, 0.15) is 5.69 Å². The van der Waals surface area contributed by atoms with Gasteiger partial charge in [0.05, 0.1) is 6.04 Å². The first-order valence-electron chi connectivity index (χ1n) is 8.48. The van der Waals surface area contributed by atoms with Crippen LogP contribution in [0.4, 0.5) is 0 Å². The molecular formula is C18H23ClN4O. The summed E-state index contributed by atoms with van der Waals surface area (Å²) >= 11 is 6.01. The number of carbonyl (C=O) groups excluding carboxylic acids is 1. The van der Waals surface area contributed by atoms with Crippen molar-refractivity contribution in [1.82, 2.24) is 20.0 Å². The molecule has 1 unspecified atom stereocenters. The van der Waals surface area contributed by atoms with Crippen LogP contribution in [0.5, 0.6) is 0 Å². The molecule has 0 aliphatic carbocycles. The molecule has 0 bridgehead atoms. The Hall–Kier alpha value is -1.85. The molecule has 0 saturated carbocycles. The molecule has 1 aliphatic heterocycles. The van der Waals surface area contributed by atoms with Gasteiger partial charge in [-0.05, 0) is 56.6 Å². The number of nitrogens with one attached hydrogen (secondary N) is 1. The van der Waals surface area contributed by atoms with Gasteiger partial charge in [0.25, 0.3) is 5.91 Å². The van der Waals surface area contributed by atoms with E-state index in [-0.39, 0.29) is 11.9 Å². The van der Waals surface area contributed by atoms with Crippen LogP contribution in [-0.2, 0) is 6.54 Å². The third kappa shape index (κ3) is 3.97. The summed E-state index contributed by atoms with van der Waals surface area (Å²) in [7, 11) is 0. The molecule has 1 atom stereocenters. The molecule has 1 aromatic heterocycles. The van der Waals surface area contributed by atoms with Gasteiger partial charge in [0.2, 0.25) is 0 Å². The van der Waals surface area contributed by atoms with Crippen LogP contribution in [0.25, 0.3) is 0 Å². The SMILES string of the molecule is CCn1ccc(C(=O)NCC(c2ccc(Cl)cc2)N2CCCC2)n1. The van der Waals surface area contributed by atoms with Crippen LogP contribution < -0.4 is 5.32 Å². The highest BCUT2D eigenvalue weighted by molar-refractivity contribution is 6.30. The lowest BCUT2D eigenvalue weighted by Gasteiger charge is -2.28. The van der Waals surface area contributed by atoms with Crippen LogP contribution in [-0.4, -0.2) is 40.2 Å². The highest BCUT2D eigenvalue weighted by Gasteiger charge is 2.24. The molecule has 128 valence electrons. The Morgan fingerprint density at radius 1 is 1.25 bits per heavy atom. The lowest BCUT2D eigenvalue weighted by Crippen LogP contribution is -2.37. The van der Waals surface area contributed by atoms with Gasteiger partial charge in [0, 0.05) is 24.3 Å². The molecule has 2 aromatic rings. The van der Waals surface area contributed by atoms with Crippen LogP contribution in [0.3, 0.4) is 0 Å². The molecule has 0 radical (unpaired) electrons. The molecular weight excluding hydrogens is 324 g/mol. The largest absolute Gasteiger partial charge is 0.349 e. The Balaban J connectivity index is 1.69. The molecule has 1 N–H and O–H groups in total. The molecule has 0 spiro atoms. The highest BCUT2D eigenvalue weighted by Crippen LogP contribution is 2.25. The van der Waals surface area contributed by atoms with Crippen LogP contribution in [0.15, 0.2) is 36.5 Å². The number of benzene rings is 1. The van der Waals surface area contributed by atoms with E-state index < -0.39 is 0 Å². The maximum atomic E-state index is 12.4. The van der Waals surface area contributed by atoms with Gasteiger partial charge < -0.3 is 5.32 Å². The average Bonchev–Trinajstić information content (AvgIpc) is 3.28. The van der Waals surface area contributed by atoms with Crippen molar-refractivity contribution in [1.29, 1.82) is 0 Å². The second-order valence-electron chi connectivity index (χ2n) is 6.08. The van der Waals surface area contributed by atoms with Crippen molar-refractivity contribution in [2.24, 2.45) is 0 Å². The molecule has 6 heteroatoms. The summed E-state index contributed by atoms with van der Waals surface area (Å²) in [4.78, 5) is 14.8. The Bertz CT molecular complexity index is 677. The molecule has 1 aliphatic rings. The van der Waals surface area contributed by atoms with E-state index in [9.17, 15) is 4.79 Å². The van der Waals surface area contributed by atoms with Gasteiger partial charge in [-0.15, -0.1) is 0 Å². The number of nitrogens with zero attached hydrogens (tertiary/aromatic N) is 3. The predicted molar refractivity (Wildman–Crippen MR) is 95.2 cm³/mol. The van der Waals surface area contributed by atoms with Crippen molar-refractivity contribution in [2.75, 3.05) is 19.6 Å². The minimum Gasteiger partial charge on any atom is -0.349 e. The number of aryl methyl sites for hydroxylation is 1. The van der Waals surface area contributed by atoms with Gasteiger partial charge in [-0.1, -0.05) is 23.7 Å². The number of carbonyl (C=O) groups is 1. The van der Waals surface area contributed by atoms with Crippen molar-refractivity contribution < 1.29 is 4.79 Å². The van der Waals surface area contributed by atoms with Crippen molar-refractivity contribution >= 4 is 17.5 Å². The zero-order valence-electron chi connectivity index (χ0n) is 13.9. The van der Waals surface area contributed by atoms with Crippen molar-refractivity contribution in [3.63, 3.8) is 0 Å². The third-order valence-electron chi connectivity index (χ3n) is 4.49. The molecule has 3 rings (SSSR count). The van der Waals surface area contributed by atoms with Gasteiger partial charge in [-0.25, -0.2) is 0 Å². The van der Waals surface area contributed by atoms with Crippen molar-refractivity contribution in [3.05, 3.63) is 52.8 Å². The van der Waals surface area contributed by atoms with E-state index in [2.05, 4.69) is 15.3 Å². The zero-order valence-corrected chi connectivity index (χ0v) is 14.7. The molecule has 2 heterocycles. The Labute approximate surface area is 147 Å². The smallest absolute Gasteiger partial charge is 0.271 e. The van der Waals surface area contributed by atoms with E-state index >= 15 is 0 Å². The molecule has 1 saturated heterocycles. The summed E-state index contributed by atoms with van der Waals surface area (Å²) in [6.07, 6.45) is 4.24. The predicted octanol–water partition coefficient (Wildman–Crippen LogP) is 3.12. The minimum absolute atomic E-state index is 0.125. The molecule has 5 nitrogen and oxygen atoms in total. The number of rotatable bonds is 6. The summed E-state index contributed by atoms with van der Waals surface area (Å²) in [6, 6.07) is 9.83. The lowest BCUT2D eigenvalue weighted by atomic mass is 10.1. The number of halogens is 1. The fourth-order valence-corrected chi connectivity index (χ4v) is 3.26. The topological polar surface area (TPSA) is 50.2 Å². The van der Waals surface area contributed by atoms with E-state index in [1.165, 1.54) is 18.4 Å². The van der Waals surface area contributed by atoms with Crippen LogP contribution in [0.1, 0.15) is 41.9 Å². The summed E-state index contributed by atoms with van der Waals surface area (Å²) in [5, 5.41) is 8.03. The maximum absolute atomic E-state index is 12.4. The Kier molecular flexibility index (Phi) is 5.53. The summed E-state index contributed by atoms with van der Waals surface area (Å²) in [6.45, 7) is 5.45. The van der Waals surface area contributed by atoms with Gasteiger partial charge in [-0.3, -0.25) is 14.4 Å². The monoisotopic (exact) mass is 346 g/mol. The van der Waals surface area contributed by atoms with Crippen molar-refractivity contribution in [3.8, 4) is 0 Å². The summed E-state index contributed by atoms with van der Waals surface area (Å²) < 4.78 is 1.76. The van der Waals surface area contributed by atoms with Crippen LogP contribution in [0, 0.1) is 0 Å². The summed E-state index contributed by atoms with van der Waals surface area (Å²) in [5.74, 6) is -0.125. The van der Waals surface area contributed by atoms with Gasteiger partial charge in [0.15, 0.2) is 0 Å². The van der Waals surface area contributed by atoms with Gasteiger partial charge in [-0.2, -0.15) is 5.10 Å². The Morgan fingerprint density at radius 2 is 1.96 bits per heavy atom. The number of likely N-dealkylation sites (tertiary alicyclic amines) is 1. The maximum Gasteiger partial charge on any atom is 0.271 e. The van der Waals surface area contributed by atoms with E-state index in [0.717, 1.165) is 24.7 Å². The third-order valence-corrected chi connectivity index (χ3v) is 4.74. The van der Waals surface area contributed by atoms with Crippen molar-refractivity contribution in [2.45, 2.75) is 32.4 Å². The number of amides is 1. The highest BCUT2D eigenvalue weighted by atomic mass is 35.5. The molecule has 1 amide bonds. The normalized spacial score (nSPS) is 16.2. The fourth-order valence-electron chi connectivity index (χ4n) is 3.13. The number of hydrogen-bond acceptors (Lipinski definition) is 3. The fraction of sp³-hybridized carbons (Fsp3) is 0.444. The quantitative estimate of drug-likeness (QED) is 0.874. The Morgan fingerprint density at radius 3 is 2.58 bits per heavy atom. The summed E-state index contributed by atoms with van der Waals surface area (Å²) in [5.41, 5.74) is 1.65. The standard InChI is InChI=1S/C18H23ClN4O/c1-2-23-12-9-16(21-23)18(24)20-13-17(22-10-3-4-11-22)14-5-7-15(19)8-6-14/h5-9,12,17H,2-4,10-11,13H2,1H3,(H,20,24).